The summed E-state index contributed by atoms with van der Waals surface area (Å²) in [4.78, 5) is 18.6. The van der Waals surface area contributed by atoms with E-state index in [0.29, 0.717) is 22.0 Å². The Morgan fingerprint density at radius 1 is 1.55 bits per heavy atom. The number of ether oxygens (including phenoxy) is 1. The minimum absolute atomic E-state index is 0.0399. The van der Waals surface area contributed by atoms with E-state index in [0.717, 1.165) is 4.78 Å². The largest absolute Gasteiger partial charge is 0.491 e. The molecule has 8 heteroatoms. The second kappa shape index (κ2) is 4.33. The highest BCUT2D eigenvalue weighted by Gasteiger charge is 2.49. The van der Waals surface area contributed by atoms with Gasteiger partial charge in [0.1, 0.15) is 12.4 Å². The molecule has 0 aromatic heterocycles. The summed E-state index contributed by atoms with van der Waals surface area (Å²) in [5, 5.41) is 4.62. The molecule has 1 aromatic rings. The highest BCUT2D eigenvalue weighted by Crippen LogP contribution is 2.50. The highest BCUT2D eigenvalue weighted by atomic mass is 35.5. The van der Waals surface area contributed by atoms with Crippen LogP contribution in [-0.4, -0.2) is 33.4 Å². The van der Waals surface area contributed by atoms with E-state index >= 15 is 0 Å². The van der Waals surface area contributed by atoms with Crippen molar-refractivity contribution in [2.75, 3.05) is 13.2 Å². The fourth-order valence-corrected chi connectivity index (χ4v) is 3.21. The molecule has 0 amide bonds. The molecule has 6 nitrogen and oxygen atoms in total. The van der Waals surface area contributed by atoms with Crippen molar-refractivity contribution in [1.82, 2.24) is 4.78 Å². The summed E-state index contributed by atoms with van der Waals surface area (Å²) in [6.45, 7) is 4.02. The van der Waals surface area contributed by atoms with Crippen molar-refractivity contribution in [3.8, 4) is 5.75 Å². The minimum atomic E-state index is -4.45. The summed E-state index contributed by atoms with van der Waals surface area (Å²) >= 11 is 5.91. The van der Waals surface area contributed by atoms with Gasteiger partial charge in [-0.2, -0.15) is 9.88 Å². The maximum Gasteiger partial charge on any atom is 0.445 e. The van der Waals surface area contributed by atoms with Gasteiger partial charge in [0.2, 0.25) is 0 Å². The van der Waals surface area contributed by atoms with Gasteiger partial charge in [-0.1, -0.05) is 17.7 Å². The van der Waals surface area contributed by atoms with Gasteiger partial charge in [-0.3, -0.25) is 0 Å². The Kier molecular flexibility index (Phi) is 2.95. The number of hydrazone groups is 1. The molecule has 20 heavy (non-hydrogen) atoms. The number of hydrogen-bond acceptors (Lipinski definition) is 3. The van der Waals surface area contributed by atoms with Crippen molar-refractivity contribution >= 4 is 25.1 Å². The molecule has 1 atom stereocenters. The lowest BCUT2D eigenvalue weighted by atomic mass is 9.79. The van der Waals surface area contributed by atoms with Gasteiger partial charge in [0.05, 0.1) is 17.7 Å². The number of nitrogens with zero attached hydrogens (tertiary/aromatic N) is 2. The molecule has 0 bridgehead atoms. The summed E-state index contributed by atoms with van der Waals surface area (Å²) in [5.74, 6) is 0.557. The van der Waals surface area contributed by atoms with E-state index < -0.39 is 13.2 Å². The van der Waals surface area contributed by atoms with Gasteiger partial charge >= 0.3 is 7.75 Å². The second-order valence-electron chi connectivity index (χ2n) is 4.78. The Bertz CT molecular complexity index is 671. The van der Waals surface area contributed by atoms with Crippen LogP contribution in [0.4, 0.5) is 0 Å². The first-order valence-electron chi connectivity index (χ1n) is 5.85. The van der Waals surface area contributed by atoms with E-state index in [1.165, 1.54) is 0 Å². The lowest BCUT2D eigenvalue weighted by molar-refractivity contribution is 0.206. The van der Waals surface area contributed by atoms with Crippen molar-refractivity contribution in [1.29, 1.82) is 0 Å². The van der Waals surface area contributed by atoms with Crippen LogP contribution in [0.5, 0.6) is 5.75 Å². The van der Waals surface area contributed by atoms with Crippen molar-refractivity contribution in [3.05, 3.63) is 41.4 Å². The molecule has 2 aliphatic rings. The summed E-state index contributed by atoms with van der Waals surface area (Å²) < 4.78 is 17.9. The zero-order chi connectivity index (χ0) is 14.5. The third kappa shape index (κ3) is 1.96. The van der Waals surface area contributed by atoms with Crippen LogP contribution in [0.1, 0.15) is 5.56 Å². The average Bonchev–Trinajstić information content (AvgIpc) is 2.78. The van der Waals surface area contributed by atoms with E-state index in [1.54, 1.807) is 24.3 Å². The summed E-state index contributed by atoms with van der Waals surface area (Å²) in [5.41, 5.74) is 0.507. The van der Waals surface area contributed by atoms with Gasteiger partial charge in [-0.25, -0.2) is 4.57 Å². The predicted octanol–water partition coefficient (Wildman–Crippen LogP) is 2.02. The highest BCUT2D eigenvalue weighted by molar-refractivity contribution is 7.49. The average molecular weight is 315 g/mol. The third-order valence-electron chi connectivity index (χ3n) is 3.49. The number of benzene rings is 1. The normalized spacial score (nSPS) is 24.6. The van der Waals surface area contributed by atoms with Gasteiger partial charge in [0, 0.05) is 10.6 Å². The Balaban J connectivity index is 2.15. The maximum absolute atomic E-state index is 11.4. The first-order valence-corrected chi connectivity index (χ1v) is 7.79. The van der Waals surface area contributed by atoms with E-state index in [2.05, 4.69) is 11.7 Å². The molecule has 1 unspecified atom stereocenters. The molecule has 2 aliphatic heterocycles. The minimum Gasteiger partial charge on any atom is -0.491 e. The fraction of sp³-hybridized carbons (Fsp3) is 0.250. The first kappa shape index (κ1) is 13.6. The van der Waals surface area contributed by atoms with Gasteiger partial charge in [-0.15, -0.1) is 6.58 Å². The zero-order valence-electron chi connectivity index (χ0n) is 10.4. The van der Waals surface area contributed by atoms with Crippen LogP contribution in [0, 0.1) is 5.41 Å². The second-order valence-corrected chi connectivity index (χ2v) is 6.71. The standard InChI is InChI=1S/C12H12ClN2O4P/c1-2-12-6-15(20(16,17)18)14-11(12)9-4-3-8(13)5-10(9)19-7-12/h2-5H,1,6-7H2,(H2,16,17,18). The van der Waals surface area contributed by atoms with Gasteiger partial charge < -0.3 is 14.5 Å². The lowest BCUT2D eigenvalue weighted by Gasteiger charge is -2.32. The van der Waals surface area contributed by atoms with E-state index in [-0.39, 0.29) is 13.2 Å². The van der Waals surface area contributed by atoms with Crippen LogP contribution < -0.4 is 4.74 Å². The molecule has 0 saturated carbocycles. The third-order valence-corrected chi connectivity index (χ3v) is 4.55. The van der Waals surface area contributed by atoms with Crippen LogP contribution in [0.15, 0.2) is 36.0 Å². The first-order chi connectivity index (χ1) is 9.36. The van der Waals surface area contributed by atoms with Crippen molar-refractivity contribution in [3.63, 3.8) is 0 Å². The maximum atomic E-state index is 11.4. The van der Waals surface area contributed by atoms with Gasteiger partial charge in [0.25, 0.3) is 0 Å². The number of rotatable bonds is 2. The van der Waals surface area contributed by atoms with Crippen molar-refractivity contribution in [2.24, 2.45) is 10.5 Å². The smallest absolute Gasteiger partial charge is 0.445 e. The van der Waals surface area contributed by atoms with E-state index in [9.17, 15) is 14.4 Å². The summed E-state index contributed by atoms with van der Waals surface area (Å²) in [6.07, 6.45) is 1.62. The molecule has 1 aromatic carbocycles. The summed E-state index contributed by atoms with van der Waals surface area (Å²) in [6, 6.07) is 5.08. The monoisotopic (exact) mass is 314 g/mol. The Labute approximate surface area is 120 Å². The predicted molar refractivity (Wildman–Crippen MR) is 74.9 cm³/mol. The molecule has 3 rings (SSSR count). The molecular weight excluding hydrogens is 303 g/mol. The van der Waals surface area contributed by atoms with Crippen molar-refractivity contribution < 1.29 is 19.1 Å². The van der Waals surface area contributed by atoms with Gasteiger partial charge in [0.15, 0.2) is 0 Å². The molecule has 0 saturated heterocycles. The fourth-order valence-electron chi connectivity index (χ4n) is 2.40. The number of fused-ring (bicyclic) bond motifs is 3. The molecule has 2 N–H and O–H groups in total. The number of halogens is 1. The topological polar surface area (TPSA) is 82.4 Å². The molecule has 0 fully saturated rings. The van der Waals surface area contributed by atoms with Crippen LogP contribution in [0.25, 0.3) is 0 Å². The lowest BCUT2D eigenvalue weighted by Crippen LogP contribution is -2.40. The van der Waals surface area contributed by atoms with E-state index in [4.69, 9.17) is 16.3 Å². The summed E-state index contributed by atoms with van der Waals surface area (Å²) in [7, 11) is -4.45. The molecule has 0 radical (unpaired) electrons. The quantitative estimate of drug-likeness (QED) is 0.644. The van der Waals surface area contributed by atoms with E-state index in [1.807, 2.05) is 0 Å². The Morgan fingerprint density at radius 3 is 2.95 bits per heavy atom. The van der Waals surface area contributed by atoms with Crippen LogP contribution in [0.2, 0.25) is 5.02 Å². The SMILES string of the molecule is C=CC12COc3cc(Cl)ccc3C1=NN(P(=O)(O)O)C2. The zero-order valence-corrected chi connectivity index (χ0v) is 12.0. The van der Waals surface area contributed by atoms with Crippen LogP contribution in [0.3, 0.4) is 0 Å². The van der Waals surface area contributed by atoms with Crippen LogP contribution in [-0.2, 0) is 4.57 Å². The Morgan fingerprint density at radius 2 is 2.30 bits per heavy atom. The van der Waals surface area contributed by atoms with Crippen molar-refractivity contribution in [2.45, 2.75) is 0 Å². The molecule has 0 aliphatic carbocycles. The molecule has 0 spiro atoms. The molecular formula is C12H12ClN2O4P. The van der Waals surface area contributed by atoms with Crippen LogP contribution >= 0.6 is 19.3 Å². The molecule has 106 valence electrons. The van der Waals surface area contributed by atoms with Gasteiger partial charge in [-0.05, 0) is 18.2 Å². The number of hydrogen-bond donors (Lipinski definition) is 2. The Hall–Kier alpha value is -1.33. The molecule has 2 heterocycles.